The van der Waals surface area contributed by atoms with Crippen LogP contribution >= 0.6 is 0 Å². The molecule has 0 aliphatic carbocycles. The minimum Gasteiger partial charge on any atom is -0.416 e. The van der Waals surface area contributed by atoms with Gasteiger partial charge in [-0.25, -0.2) is 0 Å². The Hall–Kier alpha value is -2.86. The SMILES string of the molecule is CC#Cc1ccc(-c2nnc(-c3ccc(C)cc3)o2)cc1. The van der Waals surface area contributed by atoms with E-state index in [9.17, 15) is 0 Å². The summed E-state index contributed by atoms with van der Waals surface area (Å²) in [5.41, 5.74) is 3.99. The minimum atomic E-state index is 0.515. The third-order valence-corrected chi connectivity index (χ3v) is 3.12. The Morgan fingerprint density at radius 3 is 1.86 bits per heavy atom. The highest BCUT2D eigenvalue weighted by Gasteiger charge is 2.10. The van der Waals surface area contributed by atoms with Gasteiger partial charge in [-0.3, -0.25) is 0 Å². The predicted octanol–water partition coefficient (Wildman–Crippen LogP) is 4.08. The molecule has 3 nitrogen and oxygen atoms in total. The molecule has 1 aromatic heterocycles. The van der Waals surface area contributed by atoms with Crippen molar-refractivity contribution in [3.63, 3.8) is 0 Å². The third-order valence-electron chi connectivity index (χ3n) is 3.12. The van der Waals surface area contributed by atoms with Crippen LogP contribution in [-0.4, -0.2) is 10.2 Å². The first-order valence-electron chi connectivity index (χ1n) is 6.70. The number of rotatable bonds is 2. The highest BCUT2D eigenvalue weighted by atomic mass is 16.4. The lowest BCUT2D eigenvalue weighted by Gasteiger charge is -1.96. The Bertz CT molecular complexity index is 803. The maximum atomic E-state index is 5.74. The minimum absolute atomic E-state index is 0.515. The van der Waals surface area contributed by atoms with Crippen molar-refractivity contribution in [2.24, 2.45) is 0 Å². The van der Waals surface area contributed by atoms with E-state index in [-0.39, 0.29) is 0 Å². The van der Waals surface area contributed by atoms with E-state index in [0.29, 0.717) is 11.8 Å². The molecule has 0 fully saturated rings. The van der Waals surface area contributed by atoms with Crippen LogP contribution in [0.2, 0.25) is 0 Å². The Kier molecular flexibility index (Phi) is 3.53. The Labute approximate surface area is 123 Å². The molecule has 0 aliphatic heterocycles. The van der Waals surface area contributed by atoms with Crippen LogP contribution in [0.15, 0.2) is 52.9 Å². The van der Waals surface area contributed by atoms with Gasteiger partial charge in [0.25, 0.3) is 0 Å². The normalized spacial score (nSPS) is 10.0. The fraction of sp³-hybridized carbons (Fsp3) is 0.111. The molecule has 1 heterocycles. The van der Waals surface area contributed by atoms with E-state index in [1.807, 2.05) is 62.4 Å². The average molecular weight is 274 g/mol. The van der Waals surface area contributed by atoms with Crippen molar-refractivity contribution in [2.75, 3.05) is 0 Å². The fourth-order valence-corrected chi connectivity index (χ4v) is 1.99. The van der Waals surface area contributed by atoms with Gasteiger partial charge < -0.3 is 4.42 Å². The molecule has 0 saturated heterocycles. The van der Waals surface area contributed by atoms with Gasteiger partial charge in [0.05, 0.1) is 0 Å². The lowest BCUT2D eigenvalue weighted by atomic mass is 10.1. The van der Waals surface area contributed by atoms with Crippen LogP contribution in [0.25, 0.3) is 22.9 Å². The van der Waals surface area contributed by atoms with E-state index in [1.54, 1.807) is 0 Å². The van der Waals surface area contributed by atoms with Gasteiger partial charge in [0.2, 0.25) is 11.8 Å². The molecule has 0 spiro atoms. The van der Waals surface area contributed by atoms with Gasteiger partial charge in [0.15, 0.2) is 0 Å². The van der Waals surface area contributed by atoms with E-state index >= 15 is 0 Å². The Morgan fingerprint density at radius 2 is 1.33 bits per heavy atom. The molecule has 102 valence electrons. The molecule has 3 rings (SSSR count). The first kappa shape index (κ1) is 13.1. The number of hydrogen-bond acceptors (Lipinski definition) is 3. The molecule has 0 atom stereocenters. The van der Waals surface area contributed by atoms with Crippen LogP contribution in [0.5, 0.6) is 0 Å². The van der Waals surface area contributed by atoms with Gasteiger partial charge in [-0.1, -0.05) is 23.6 Å². The van der Waals surface area contributed by atoms with E-state index < -0.39 is 0 Å². The highest BCUT2D eigenvalue weighted by Crippen LogP contribution is 2.24. The maximum absolute atomic E-state index is 5.74. The maximum Gasteiger partial charge on any atom is 0.248 e. The van der Waals surface area contributed by atoms with E-state index in [4.69, 9.17) is 4.42 Å². The third kappa shape index (κ3) is 2.85. The van der Waals surface area contributed by atoms with Crippen molar-refractivity contribution in [1.29, 1.82) is 0 Å². The van der Waals surface area contributed by atoms with E-state index in [2.05, 4.69) is 22.0 Å². The first-order valence-corrected chi connectivity index (χ1v) is 6.70. The van der Waals surface area contributed by atoms with Crippen molar-refractivity contribution in [1.82, 2.24) is 10.2 Å². The van der Waals surface area contributed by atoms with Crippen molar-refractivity contribution < 1.29 is 4.42 Å². The standard InChI is InChI=1S/C18H14N2O/c1-3-4-14-7-11-16(12-8-14)18-20-19-17(21-18)15-9-5-13(2)6-10-15/h5-12H,1-2H3. The molecule has 2 aromatic carbocycles. The summed E-state index contributed by atoms with van der Waals surface area (Å²) in [7, 11) is 0. The molecule has 3 aromatic rings. The number of benzene rings is 2. The first-order chi connectivity index (χ1) is 10.3. The summed E-state index contributed by atoms with van der Waals surface area (Å²) in [5.74, 6) is 6.92. The van der Waals surface area contributed by atoms with Crippen LogP contribution in [-0.2, 0) is 0 Å². The second-order valence-corrected chi connectivity index (χ2v) is 4.73. The zero-order valence-electron chi connectivity index (χ0n) is 11.9. The summed E-state index contributed by atoms with van der Waals surface area (Å²) < 4.78 is 5.74. The van der Waals surface area contributed by atoms with Gasteiger partial charge in [0, 0.05) is 16.7 Å². The molecule has 0 saturated carbocycles. The average Bonchev–Trinajstić information content (AvgIpc) is 2.99. The molecule has 0 amide bonds. The largest absolute Gasteiger partial charge is 0.416 e. The molecule has 0 aliphatic rings. The van der Waals surface area contributed by atoms with Gasteiger partial charge >= 0.3 is 0 Å². The van der Waals surface area contributed by atoms with Gasteiger partial charge in [-0.05, 0) is 50.2 Å². The van der Waals surface area contributed by atoms with Crippen molar-refractivity contribution in [2.45, 2.75) is 13.8 Å². The smallest absolute Gasteiger partial charge is 0.248 e. The van der Waals surface area contributed by atoms with Crippen LogP contribution in [0, 0.1) is 18.8 Å². The Morgan fingerprint density at radius 1 is 0.810 bits per heavy atom. The fourth-order valence-electron chi connectivity index (χ4n) is 1.99. The number of nitrogens with zero attached hydrogens (tertiary/aromatic N) is 2. The summed E-state index contributed by atoms with van der Waals surface area (Å²) in [5, 5.41) is 8.21. The van der Waals surface area contributed by atoms with Gasteiger partial charge in [-0.2, -0.15) is 0 Å². The summed E-state index contributed by atoms with van der Waals surface area (Å²) in [6, 6.07) is 15.8. The quantitative estimate of drug-likeness (QED) is 0.661. The van der Waals surface area contributed by atoms with Gasteiger partial charge in [0.1, 0.15) is 0 Å². The number of aromatic nitrogens is 2. The van der Waals surface area contributed by atoms with E-state index in [1.165, 1.54) is 5.56 Å². The van der Waals surface area contributed by atoms with Crippen molar-refractivity contribution in [3.8, 4) is 34.7 Å². The van der Waals surface area contributed by atoms with Crippen LogP contribution in [0.4, 0.5) is 0 Å². The predicted molar refractivity (Wildman–Crippen MR) is 82.5 cm³/mol. The summed E-state index contributed by atoms with van der Waals surface area (Å²) in [6.07, 6.45) is 0. The van der Waals surface area contributed by atoms with Crippen LogP contribution < -0.4 is 0 Å². The molecule has 3 heteroatoms. The second-order valence-electron chi connectivity index (χ2n) is 4.73. The zero-order chi connectivity index (χ0) is 14.7. The summed E-state index contributed by atoms with van der Waals surface area (Å²) in [4.78, 5) is 0. The van der Waals surface area contributed by atoms with Crippen LogP contribution in [0.1, 0.15) is 18.1 Å². The van der Waals surface area contributed by atoms with E-state index in [0.717, 1.165) is 16.7 Å². The second kappa shape index (κ2) is 5.64. The molecule has 0 radical (unpaired) electrons. The summed E-state index contributed by atoms with van der Waals surface area (Å²) in [6.45, 7) is 3.86. The molecular weight excluding hydrogens is 260 g/mol. The zero-order valence-corrected chi connectivity index (χ0v) is 11.9. The lowest BCUT2D eigenvalue weighted by molar-refractivity contribution is 0.584. The number of aryl methyl sites for hydroxylation is 1. The molecular formula is C18H14N2O. The molecule has 0 bridgehead atoms. The van der Waals surface area contributed by atoms with Crippen LogP contribution in [0.3, 0.4) is 0 Å². The van der Waals surface area contributed by atoms with Crippen molar-refractivity contribution >= 4 is 0 Å². The Balaban J connectivity index is 1.90. The number of hydrogen-bond donors (Lipinski definition) is 0. The van der Waals surface area contributed by atoms with Gasteiger partial charge in [-0.15, -0.1) is 16.1 Å². The summed E-state index contributed by atoms with van der Waals surface area (Å²) >= 11 is 0. The molecule has 0 N–H and O–H groups in total. The lowest BCUT2D eigenvalue weighted by Crippen LogP contribution is -1.79. The molecule has 21 heavy (non-hydrogen) atoms. The monoisotopic (exact) mass is 274 g/mol. The molecule has 0 unspecified atom stereocenters. The topological polar surface area (TPSA) is 38.9 Å². The highest BCUT2D eigenvalue weighted by molar-refractivity contribution is 5.59. The van der Waals surface area contributed by atoms with Crippen molar-refractivity contribution in [3.05, 3.63) is 59.7 Å².